The Labute approximate surface area is 101 Å². The summed E-state index contributed by atoms with van der Waals surface area (Å²) in [6.45, 7) is 5.44. The fourth-order valence-electron chi connectivity index (χ4n) is 1.99. The zero-order valence-electron chi connectivity index (χ0n) is 10.6. The first-order valence-electron chi connectivity index (χ1n) is 5.72. The summed E-state index contributed by atoms with van der Waals surface area (Å²) >= 11 is 0. The lowest BCUT2D eigenvalue weighted by molar-refractivity contribution is 0.346. The van der Waals surface area contributed by atoms with E-state index < -0.39 is 11.6 Å². The molecule has 2 N–H and O–H groups in total. The van der Waals surface area contributed by atoms with E-state index in [1.165, 1.54) is 12.1 Å². The minimum absolute atomic E-state index is 0.00429. The van der Waals surface area contributed by atoms with E-state index >= 15 is 0 Å². The van der Waals surface area contributed by atoms with Gasteiger partial charge in [0.2, 0.25) is 0 Å². The van der Waals surface area contributed by atoms with E-state index in [0.717, 1.165) is 12.5 Å². The third-order valence-electron chi connectivity index (χ3n) is 2.81. The van der Waals surface area contributed by atoms with Crippen molar-refractivity contribution in [2.75, 3.05) is 25.0 Å². The second-order valence-corrected chi connectivity index (χ2v) is 5.15. The summed E-state index contributed by atoms with van der Waals surface area (Å²) in [5, 5.41) is 0. The SMILES string of the molecule is CN(CC(C)(C)CCN)c1ccc(F)cc1F. The van der Waals surface area contributed by atoms with Gasteiger partial charge < -0.3 is 10.6 Å². The molecule has 0 radical (unpaired) electrons. The predicted octanol–water partition coefficient (Wildman–Crippen LogP) is 2.78. The number of hydrogen-bond acceptors (Lipinski definition) is 2. The van der Waals surface area contributed by atoms with Gasteiger partial charge >= 0.3 is 0 Å². The summed E-state index contributed by atoms with van der Waals surface area (Å²) in [5.74, 6) is -1.09. The summed E-state index contributed by atoms with van der Waals surface area (Å²) in [6, 6.07) is 3.63. The lowest BCUT2D eigenvalue weighted by Gasteiger charge is -2.31. The van der Waals surface area contributed by atoms with Gasteiger partial charge in [0.1, 0.15) is 11.6 Å². The van der Waals surface area contributed by atoms with Crippen LogP contribution in [-0.2, 0) is 0 Å². The smallest absolute Gasteiger partial charge is 0.149 e. The summed E-state index contributed by atoms with van der Waals surface area (Å²) < 4.78 is 26.4. The summed E-state index contributed by atoms with van der Waals surface area (Å²) in [7, 11) is 1.80. The summed E-state index contributed by atoms with van der Waals surface area (Å²) in [5.41, 5.74) is 5.95. The van der Waals surface area contributed by atoms with Gasteiger partial charge in [-0.25, -0.2) is 8.78 Å². The molecule has 0 aliphatic rings. The van der Waals surface area contributed by atoms with Crippen molar-refractivity contribution in [2.45, 2.75) is 20.3 Å². The molecule has 0 saturated heterocycles. The Morgan fingerprint density at radius 2 is 1.94 bits per heavy atom. The number of nitrogens with zero attached hydrogens (tertiary/aromatic N) is 1. The van der Waals surface area contributed by atoms with E-state index in [1.54, 1.807) is 11.9 Å². The van der Waals surface area contributed by atoms with Gasteiger partial charge in [-0.05, 0) is 30.5 Å². The lowest BCUT2D eigenvalue weighted by Crippen LogP contribution is -2.33. The standard InChI is InChI=1S/C13H20F2N2/c1-13(2,6-7-16)9-17(3)12-5-4-10(14)8-11(12)15/h4-5,8H,6-7,9,16H2,1-3H3. The Kier molecular flexibility index (Phi) is 4.46. The Morgan fingerprint density at radius 1 is 1.29 bits per heavy atom. The lowest BCUT2D eigenvalue weighted by atomic mass is 9.88. The van der Waals surface area contributed by atoms with Crippen molar-refractivity contribution in [3.05, 3.63) is 29.8 Å². The predicted molar refractivity (Wildman–Crippen MR) is 67.1 cm³/mol. The molecule has 0 atom stereocenters. The van der Waals surface area contributed by atoms with Gasteiger partial charge in [-0.1, -0.05) is 13.8 Å². The molecule has 1 aromatic carbocycles. The molecule has 0 aliphatic heterocycles. The topological polar surface area (TPSA) is 29.3 Å². The fraction of sp³-hybridized carbons (Fsp3) is 0.538. The van der Waals surface area contributed by atoms with E-state index in [1.807, 2.05) is 0 Å². The zero-order chi connectivity index (χ0) is 13.1. The largest absolute Gasteiger partial charge is 0.372 e. The Balaban J connectivity index is 2.79. The van der Waals surface area contributed by atoms with Crippen LogP contribution < -0.4 is 10.6 Å². The van der Waals surface area contributed by atoms with Crippen molar-refractivity contribution in [1.82, 2.24) is 0 Å². The number of anilines is 1. The highest BCUT2D eigenvalue weighted by molar-refractivity contribution is 5.47. The Hall–Kier alpha value is -1.16. The van der Waals surface area contributed by atoms with Gasteiger partial charge in [-0.15, -0.1) is 0 Å². The second kappa shape index (κ2) is 5.45. The molecule has 0 heterocycles. The molecule has 96 valence electrons. The second-order valence-electron chi connectivity index (χ2n) is 5.15. The number of benzene rings is 1. The molecule has 0 spiro atoms. The maximum Gasteiger partial charge on any atom is 0.149 e. The molecule has 0 aromatic heterocycles. The van der Waals surface area contributed by atoms with Crippen molar-refractivity contribution in [2.24, 2.45) is 11.1 Å². The van der Waals surface area contributed by atoms with Gasteiger partial charge in [-0.3, -0.25) is 0 Å². The first-order chi connectivity index (χ1) is 7.85. The average Bonchev–Trinajstić information content (AvgIpc) is 2.15. The molecule has 17 heavy (non-hydrogen) atoms. The molecular formula is C13H20F2N2. The van der Waals surface area contributed by atoms with E-state index in [9.17, 15) is 8.78 Å². The van der Waals surface area contributed by atoms with Gasteiger partial charge in [0.05, 0.1) is 5.69 Å². The third kappa shape index (κ3) is 3.97. The van der Waals surface area contributed by atoms with Gasteiger partial charge in [-0.2, -0.15) is 0 Å². The molecule has 0 saturated carbocycles. The average molecular weight is 242 g/mol. The molecular weight excluding hydrogens is 222 g/mol. The van der Waals surface area contributed by atoms with Crippen LogP contribution in [0.25, 0.3) is 0 Å². The molecule has 2 nitrogen and oxygen atoms in total. The molecule has 1 aromatic rings. The maximum absolute atomic E-state index is 13.6. The molecule has 4 heteroatoms. The highest BCUT2D eigenvalue weighted by Gasteiger charge is 2.20. The van der Waals surface area contributed by atoms with E-state index in [4.69, 9.17) is 5.73 Å². The van der Waals surface area contributed by atoms with E-state index in [2.05, 4.69) is 13.8 Å². The highest BCUT2D eigenvalue weighted by Crippen LogP contribution is 2.25. The van der Waals surface area contributed by atoms with Crippen LogP contribution in [0.1, 0.15) is 20.3 Å². The van der Waals surface area contributed by atoms with Crippen LogP contribution in [0.4, 0.5) is 14.5 Å². The zero-order valence-corrected chi connectivity index (χ0v) is 10.6. The molecule has 0 unspecified atom stereocenters. The maximum atomic E-state index is 13.6. The van der Waals surface area contributed by atoms with Gasteiger partial charge in [0.15, 0.2) is 0 Å². The molecule has 0 amide bonds. The van der Waals surface area contributed by atoms with Crippen molar-refractivity contribution in [3.8, 4) is 0 Å². The third-order valence-corrected chi connectivity index (χ3v) is 2.81. The molecule has 0 bridgehead atoms. The van der Waals surface area contributed by atoms with Crippen LogP contribution in [0.5, 0.6) is 0 Å². The van der Waals surface area contributed by atoms with Crippen LogP contribution >= 0.6 is 0 Å². The minimum Gasteiger partial charge on any atom is -0.372 e. The van der Waals surface area contributed by atoms with Crippen LogP contribution in [-0.4, -0.2) is 20.1 Å². The summed E-state index contributed by atoms with van der Waals surface area (Å²) in [6.07, 6.45) is 0.861. The van der Waals surface area contributed by atoms with E-state index in [-0.39, 0.29) is 5.41 Å². The number of nitrogens with two attached hydrogens (primary N) is 1. The quantitative estimate of drug-likeness (QED) is 0.860. The number of rotatable bonds is 5. The first kappa shape index (κ1) is 13.9. The van der Waals surface area contributed by atoms with Crippen LogP contribution in [0.15, 0.2) is 18.2 Å². The van der Waals surface area contributed by atoms with Crippen molar-refractivity contribution in [1.29, 1.82) is 0 Å². The first-order valence-corrected chi connectivity index (χ1v) is 5.72. The van der Waals surface area contributed by atoms with Crippen molar-refractivity contribution in [3.63, 3.8) is 0 Å². The van der Waals surface area contributed by atoms with E-state index in [0.29, 0.717) is 18.8 Å². The molecule has 0 aliphatic carbocycles. The Morgan fingerprint density at radius 3 is 2.47 bits per heavy atom. The molecule has 1 rings (SSSR count). The fourth-order valence-corrected chi connectivity index (χ4v) is 1.99. The minimum atomic E-state index is -0.555. The van der Waals surface area contributed by atoms with Crippen LogP contribution in [0.2, 0.25) is 0 Å². The van der Waals surface area contributed by atoms with Gasteiger partial charge in [0, 0.05) is 19.7 Å². The normalized spacial score (nSPS) is 11.6. The monoisotopic (exact) mass is 242 g/mol. The van der Waals surface area contributed by atoms with Crippen LogP contribution in [0.3, 0.4) is 0 Å². The molecule has 0 fully saturated rings. The Bertz CT molecular complexity index is 378. The van der Waals surface area contributed by atoms with Crippen molar-refractivity contribution < 1.29 is 8.78 Å². The van der Waals surface area contributed by atoms with Gasteiger partial charge in [0.25, 0.3) is 0 Å². The van der Waals surface area contributed by atoms with Crippen molar-refractivity contribution >= 4 is 5.69 Å². The highest BCUT2D eigenvalue weighted by atomic mass is 19.1. The van der Waals surface area contributed by atoms with Crippen LogP contribution in [0, 0.1) is 17.0 Å². The number of halogens is 2. The number of hydrogen-bond donors (Lipinski definition) is 1. The summed E-state index contributed by atoms with van der Waals surface area (Å²) in [4.78, 5) is 1.80.